The van der Waals surface area contributed by atoms with E-state index in [0.717, 1.165) is 38.1 Å². The molecule has 0 bridgehead atoms. The standard InChI is InChI=1S/C38H29Cl2N3O3S2/c1-3-46-37(45)33-34(24-9-5-4-6-10-24)41-38-43(35(33)25-14-16-27(47-2)17-15-25)36(44)32(48-38)20-26-22-42(31-12-8-7-11-28(26)31)21-23-13-18-29(39)30(40)19-23/h4-20,22,35H,3,21H2,1-2H3/b32-20-/t35-/m1/s1. The van der Waals surface area contributed by atoms with Crippen LogP contribution in [-0.2, 0) is 16.1 Å². The number of aromatic nitrogens is 2. The van der Waals surface area contributed by atoms with Crippen molar-refractivity contribution in [3.05, 3.63) is 161 Å². The molecule has 3 heterocycles. The van der Waals surface area contributed by atoms with Crippen LogP contribution in [-0.4, -0.2) is 28.0 Å². The minimum absolute atomic E-state index is 0.194. The maximum Gasteiger partial charge on any atom is 0.338 e. The summed E-state index contributed by atoms with van der Waals surface area (Å²) in [7, 11) is 0. The number of halogens is 2. The van der Waals surface area contributed by atoms with Crippen molar-refractivity contribution in [1.82, 2.24) is 9.13 Å². The highest BCUT2D eigenvalue weighted by molar-refractivity contribution is 7.98. The van der Waals surface area contributed by atoms with E-state index in [1.165, 1.54) is 11.3 Å². The number of nitrogens with zero attached hydrogens (tertiary/aromatic N) is 3. The van der Waals surface area contributed by atoms with Crippen molar-refractivity contribution in [3.63, 3.8) is 0 Å². The molecule has 4 aromatic carbocycles. The summed E-state index contributed by atoms with van der Waals surface area (Å²) in [5.74, 6) is -0.501. The van der Waals surface area contributed by atoms with Crippen molar-refractivity contribution >= 4 is 74.9 Å². The van der Waals surface area contributed by atoms with Gasteiger partial charge in [-0.15, -0.1) is 11.8 Å². The highest BCUT2D eigenvalue weighted by atomic mass is 35.5. The largest absolute Gasteiger partial charge is 0.463 e. The lowest BCUT2D eigenvalue weighted by Gasteiger charge is -2.26. The minimum atomic E-state index is -0.732. The Hall–Kier alpha value is -4.34. The number of thiazole rings is 1. The highest BCUT2D eigenvalue weighted by Gasteiger charge is 2.35. The Morgan fingerprint density at radius 3 is 2.46 bits per heavy atom. The number of hydrogen-bond donors (Lipinski definition) is 0. The lowest BCUT2D eigenvalue weighted by Crippen LogP contribution is -2.40. The first-order valence-corrected chi connectivity index (χ1v) is 18.1. The molecule has 1 aliphatic rings. The second-order valence-corrected chi connectivity index (χ2v) is 13.9. The molecule has 0 saturated carbocycles. The van der Waals surface area contributed by atoms with Gasteiger partial charge in [-0.25, -0.2) is 9.79 Å². The number of hydrogen-bond acceptors (Lipinski definition) is 6. The second kappa shape index (κ2) is 13.6. The number of thioether (sulfide) groups is 1. The number of para-hydroxylation sites is 1. The van der Waals surface area contributed by atoms with Crippen LogP contribution >= 0.6 is 46.3 Å². The summed E-state index contributed by atoms with van der Waals surface area (Å²) in [6, 6.07) is 30.5. The zero-order valence-electron chi connectivity index (χ0n) is 26.0. The van der Waals surface area contributed by atoms with Crippen LogP contribution in [0.15, 0.2) is 124 Å². The van der Waals surface area contributed by atoms with E-state index in [2.05, 4.69) is 10.6 Å². The van der Waals surface area contributed by atoms with E-state index in [-0.39, 0.29) is 12.2 Å². The monoisotopic (exact) mass is 709 g/mol. The molecule has 6 nitrogen and oxygen atoms in total. The van der Waals surface area contributed by atoms with E-state index in [9.17, 15) is 9.59 Å². The van der Waals surface area contributed by atoms with Crippen molar-refractivity contribution < 1.29 is 9.53 Å². The Balaban J connectivity index is 1.43. The first-order chi connectivity index (χ1) is 23.4. The summed E-state index contributed by atoms with van der Waals surface area (Å²) in [6.07, 6.45) is 5.97. The third-order valence-corrected chi connectivity index (χ3v) is 10.7. The molecule has 0 N–H and O–H groups in total. The van der Waals surface area contributed by atoms with Gasteiger partial charge in [0.2, 0.25) is 0 Å². The quantitative estimate of drug-likeness (QED) is 0.119. The molecule has 0 aliphatic carbocycles. The molecule has 1 atom stereocenters. The molecule has 0 unspecified atom stereocenters. The van der Waals surface area contributed by atoms with Crippen LogP contribution in [0.5, 0.6) is 0 Å². The molecule has 0 spiro atoms. The number of benzene rings is 4. The van der Waals surface area contributed by atoms with Gasteiger partial charge in [-0.1, -0.05) is 101 Å². The Morgan fingerprint density at radius 2 is 1.73 bits per heavy atom. The molecular weight excluding hydrogens is 681 g/mol. The van der Waals surface area contributed by atoms with Gasteiger partial charge in [-0.2, -0.15) is 0 Å². The van der Waals surface area contributed by atoms with Crippen LogP contribution < -0.4 is 14.9 Å². The Morgan fingerprint density at radius 1 is 0.979 bits per heavy atom. The van der Waals surface area contributed by atoms with Crippen molar-refractivity contribution in [2.45, 2.75) is 24.4 Å². The molecule has 0 radical (unpaired) electrons. The molecule has 2 aromatic heterocycles. The molecule has 240 valence electrons. The van der Waals surface area contributed by atoms with Crippen LogP contribution in [0, 0.1) is 0 Å². The summed E-state index contributed by atoms with van der Waals surface area (Å²) >= 11 is 15.4. The smallest absolute Gasteiger partial charge is 0.338 e. The minimum Gasteiger partial charge on any atom is -0.463 e. The number of carbonyl (C=O) groups excluding carboxylic acids is 1. The predicted octanol–water partition coefficient (Wildman–Crippen LogP) is 7.97. The number of fused-ring (bicyclic) bond motifs is 2. The van der Waals surface area contributed by atoms with E-state index in [0.29, 0.717) is 37.2 Å². The zero-order chi connectivity index (χ0) is 33.4. The SMILES string of the molecule is CCOC(=O)C1=C(c2ccccc2)N=c2s/c(=C\c3cn(Cc4ccc(Cl)c(Cl)c4)c4ccccc34)c(=O)n2[C@@H]1c1ccc(SC)cc1. The van der Waals surface area contributed by atoms with Crippen molar-refractivity contribution in [1.29, 1.82) is 0 Å². The molecule has 6 aromatic rings. The van der Waals surface area contributed by atoms with E-state index in [4.69, 9.17) is 32.9 Å². The summed E-state index contributed by atoms with van der Waals surface area (Å²) in [5.41, 5.74) is 5.09. The van der Waals surface area contributed by atoms with Crippen LogP contribution in [0.3, 0.4) is 0 Å². The van der Waals surface area contributed by atoms with Gasteiger partial charge in [-0.3, -0.25) is 9.36 Å². The van der Waals surface area contributed by atoms with Gasteiger partial charge in [0.05, 0.1) is 38.5 Å². The van der Waals surface area contributed by atoms with Gasteiger partial charge in [0.15, 0.2) is 4.80 Å². The molecule has 7 rings (SSSR count). The Labute approximate surface area is 295 Å². The number of rotatable bonds is 8. The molecular formula is C38H29Cl2N3O3S2. The fourth-order valence-electron chi connectivity index (χ4n) is 6.04. The van der Waals surface area contributed by atoms with Crippen molar-refractivity contribution in [3.8, 4) is 0 Å². The molecule has 10 heteroatoms. The van der Waals surface area contributed by atoms with Crippen LogP contribution in [0.2, 0.25) is 10.0 Å². The summed E-state index contributed by atoms with van der Waals surface area (Å²) < 4.78 is 9.89. The third-order valence-electron chi connectivity index (χ3n) is 8.25. The van der Waals surface area contributed by atoms with Crippen molar-refractivity contribution in [2.24, 2.45) is 4.99 Å². The number of carbonyl (C=O) groups is 1. The lowest BCUT2D eigenvalue weighted by atomic mass is 9.93. The maximum atomic E-state index is 14.5. The van der Waals surface area contributed by atoms with Crippen LogP contribution in [0.4, 0.5) is 0 Å². The predicted molar refractivity (Wildman–Crippen MR) is 197 cm³/mol. The Kier molecular flexibility index (Phi) is 9.16. The summed E-state index contributed by atoms with van der Waals surface area (Å²) in [4.78, 5) is 34.8. The second-order valence-electron chi connectivity index (χ2n) is 11.2. The van der Waals surface area contributed by atoms with Gasteiger partial charge in [-0.05, 0) is 60.7 Å². The van der Waals surface area contributed by atoms with Gasteiger partial charge in [0.25, 0.3) is 5.56 Å². The van der Waals surface area contributed by atoms with Crippen LogP contribution in [0.25, 0.3) is 22.7 Å². The van der Waals surface area contributed by atoms with Crippen LogP contribution in [0.1, 0.15) is 35.2 Å². The summed E-state index contributed by atoms with van der Waals surface area (Å²) in [6.45, 7) is 2.54. The maximum absolute atomic E-state index is 14.5. The summed E-state index contributed by atoms with van der Waals surface area (Å²) in [5, 5.41) is 2.01. The van der Waals surface area contributed by atoms with E-state index >= 15 is 0 Å². The van der Waals surface area contributed by atoms with E-state index in [1.54, 1.807) is 29.3 Å². The molecule has 48 heavy (non-hydrogen) atoms. The zero-order valence-corrected chi connectivity index (χ0v) is 29.2. The lowest BCUT2D eigenvalue weighted by molar-refractivity contribution is -0.138. The topological polar surface area (TPSA) is 65.6 Å². The number of ether oxygens (including phenoxy) is 1. The fraction of sp³-hybridized carbons (Fsp3) is 0.132. The highest BCUT2D eigenvalue weighted by Crippen LogP contribution is 2.36. The average Bonchev–Trinajstić information content (AvgIpc) is 3.62. The van der Waals surface area contributed by atoms with Gasteiger partial charge in [0, 0.05) is 39.7 Å². The van der Waals surface area contributed by atoms with E-state index in [1.807, 2.05) is 103 Å². The third kappa shape index (κ3) is 6.05. The molecule has 1 aliphatic heterocycles. The number of esters is 1. The Bertz CT molecular complexity index is 2390. The van der Waals surface area contributed by atoms with Gasteiger partial charge in [0.1, 0.15) is 0 Å². The van der Waals surface area contributed by atoms with Gasteiger partial charge < -0.3 is 9.30 Å². The molecule has 0 saturated heterocycles. The molecule has 0 amide bonds. The average molecular weight is 711 g/mol. The van der Waals surface area contributed by atoms with E-state index < -0.39 is 12.0 Å². The van der Waals surface area contributed by atoms with Gasteiger partial charge >= 0.3 is 5.97 Å². The fourth-order valence-corrected chi connectivity index (χ4v) is 7.76. The normalized spacial score (nSPS) is 14.7. The molecule has 0 fully saturated rings. The first kappa shape index (κ1) is 32.2. The van der Waals surface area contributed by atoms with Crippen molar-refractivity contribution in [2.75, 3.05) is 12.9 Å². The first-order valence-electron chi connectivity index (χ1n) is 15.3.